The van der Waals surface area contributed by atoms with E-state index in [9.17, 15) is 4.79 Å². The van der Waals surface area contributed by atoms with E-state index in [2.05, 4.69) is 5.32 Å². The number of nitrogens with one attached hydrogen (secondary N) is 1. The Hall–Kier alpha value is -1.29. The lowest BCUT2D eigenvalue weighted by molar-refractivity contribution is -0.136. The fourth-order valence-corrected chi connectivity index (χ4v) is 2.39. The summed E-state index contributed by atoms with van der Waals surface area (Å²) in [5.41, 5.74) is 1.07. The maximum absolute atomic E-state index is 12.2. The average molecular weight is 234 g/mol. The van der Waals surface area contributed by atoms with E-state index < -0.39 is 0 Å². The highest BCUT2D eigenvalue weighted by molar-refractivity contribution is 5.82. The van der Waals surface area contributed by atoms with Crippen molar-refractivity contribution < 1.29 is 9.21 Å². The molecule has 0 bridgehead atoms. The summed E-state index contributed by atoms with van der Waals surface area (Å²) in [5, 5.41) is 3.44. The molecule has 0 spiro atoms. The van der Waals surface area contributed by atoms with Gasteiger partial charge in [-0.15, -0.1) is 0 Å². The highest BCUT2D eigenvalue weighted by Gasteiger charge is 2.33. The summed E-state index contributed by atoms with van der Waals surface area (Å²) in [7, 11) is 0. The molecule has 0 aromatic carbocycles. The summed E-state index contributed by atoms with van der Waals surface area (Å²) < 4.78 is 5.04. The Morgan fingerprint density at radius 2 is 2.29 bits per heavy atom. The van der Waals surface area contributed by atoms with Crippen molar-refractivity contribution in [2.45, 2.75) is 44.3 Å². The molecular weight excluding hydrogens is 216 g/mol. The third kappa shape index (κ3) is 2.52. The molecule has 1 N–H and O–H groups in total. The van der Waals surface area contributed by atoms with Crippen molar-refractivity contribution in [1.29, 1.82) is 0 Å². The van der Waals surface area contributed by atoms with Crippen molar-refractivity contribution >= 4 is 5.91 Å². The van der Waals surface area contributed by atoms with E-state index in [-0.39, 0.29) is 11.9 Å². The Bertz CT molecular complexity index is 384. The minimum Gasteiger partial charge on any atom is -0.472 e. The molecule has 1 saturated heterocycles. The van der Waals surface area contributed by atoms with Gasteiger partial charge in [-0.05, 0) is 31.7 Å². The molecule has 1 aliphatic heterocycles. The number of carbonyl (C=O) groups is 1. The van der Waals surface area contributed by atoms with Crippen LogP contribution in [0.25, 0.3) is 0 Å². The van der Waals surface area contributed by atoms with Gasteiger partial charge < -0.3 is 14.6 Å². The van der Waals surface area contributed by atoms with Crippen LogP contribution in [-0.4, -0.2) is 29.4 Å². The molecule has 0 radical (unpaired) electrons. The highest BCUT2D eigenvalue weighted by atomic mass is 16.3. The van der Waals surface area contributed by atoms with Gasteiger partial charge in [-0.25, -0.2) is 0 Å². The number of likely N-dealkylation sites (tertiary alicyclic amines) is 1. The molecule has 2 heterocycles. The monoisotopic (exact) mass is 234 g/mol. The molecule has 92 valence electrons. The molecule has 1 amide bonds. The number of carbonyl (C=O) groups excluding carboxylic acids is 1. The van der Waals surface area contributed by atoms with Crippen molar-refractivity contribution in [3.8, 4) is 0 Å². The van der Waals surface area contributed by atoms with Gasteiger partial charge in [-0.2, -0.15) is 0 Å². The molecule has 17 heavy (non-hydrogen) atoms. The van der Waals surface area contributed by atoms with Crippen LogP contribution in [0.3, 0.4) is 0 Å². The maximum Gasteiger partial charge on any atom is 0.240 e. The number of hydrogen-bond acceptors (Lipinski definition) is 3. The van der Waals surface area contributed by atoms with Crippen LogP contribution < -0.4 is 5.32 Å². The van der Waals surface area contributed by atoms with Gasteiger partial charge in [-0.3, -0.25) is 4.79 Å². The minimum atomic E-state index is 0.0446. The first-order chi connectivity index (χ1) is 8.33. The largest absolute Gasteiger partial charge is 0.472 e. The Kier molecular flexibility index (Phi) is 2.89. The quantitative estimate of drug-likeness (QED) is 0.859. The molecule has 1 saturated carbocycles. The van der Waals surface area contributed by atoms with Gasteiger partial charge in [-0.1, -0.05) is 0 Å². The Balaban J connectivity index is 1.61. The van der Waals surface area contributed by atoms with Crippen LogP contribution in [0.5, 0.6) is 0 Å². The molecule has 1 aromatic heterocycles. The fraction of sp³-hybridized carbons (Fsp3) is 0.615. The van der Waals surface area contributed by atoms with Gasteiger partial charge in [0.15, 0.2) is 0 Å². The van der Waals surface area contributed by atoms with Crippen LogP contribution in [0, 0.1) is 0 Å². The van der Waals surface area contributed by atoms with Gasteiger partial charge in [0.05, 0.1) is 18.6 Å². The lowest BCUT2D eigenvalue weighted by Crippen LogP contribution is -2.50. The molecule has 1 atom stereocenters. The van der Waals surface area contributed by atoms with Crippen LogP contribution in [0.1, 0.15) is 31.2 Å². The van der Waals surface area contributed by atoms with E-state index in [1.165, 1.54) is 12.8 Å². The first-order valence-corrected chi connectivity index (χ1v) is 6.39. The number of nitrogens with zero attached hydrogens (tertiary/aromatic N) is 1. The topological polar surface area (TPSA) is 45.5 Å². The van der Waals surface area contributed by atoms with E-state index in [4.69, 9.17) is 4.42 Å². The van der Waals surface area contributed by atoms with Crippen LogP contribution >= 0.6 is 0 Å². The number of amides is 1. The van der Waals surface area contributed by atoms with Gasteiger partial charge in [0.2, 0.25) is 5.91 Å². The van der Waals surface area contributed by atoms with Gasteiger partial charge in [0.1, 0.15) is 0 Å². The standard InChI is InChI=1S/C13H18N2O2/c16-13-12(14-11-3-4-11)2-1-6-15(13)8-10-5-7-17-9-10/h5,7,9,11-12,14H,1-4,6,8H2. The molecular formula is C13H18N2O2. The molecule has 2 fully saturated rings. The SMILES string of the molecule is O=C1C(NC2CC2)CCCN1Cc1ccoc1. The van der Waals surface area contributed by atoms with E-state index in [1.54, 1.807) is 12.5 Å². The van der Waals surface area contributed by atoms with Crippen molar-refractivity contribution in [2.24, 2.45) is 0 Å². The van der Waals surface area contributed by atoms with Gasteiger partial charge >= 0.3 is 0 Å². The van der Waals surface area contributed by atoms with E-state index in [0.29, 0.717) is 12.6 Å². The van der Waals surface area contributed by atoms with Crippen molar-refractivity contribution in [2.75, 3.05) is 6.54 Å². The second kappa shape index (κ2) is 4.53. The average Bonchev–Trinajstić information content (AvgIpc) is 2.99. The van der Waals surface area contributed by atoms with Gasteiger partial charge in [0.25, 0.3) is 0 Å². The second-order valence-corrected chi connectivity index (χ2v) is 5.03. The van der Waals surface area contributed by atoms with Crippen molar-refractivity contribution in [3.63, 3.8) is 0 Å². The molecule has 1 aliphatic carbocycles. The molecule has 4 heteroatoms. The summed E-state index contributed by atoms with van der Waals surface area (Å²) in [6.45, 7) is 1.55. The zero-order valence-electron chi connectivity index (χ0n) is 9.89. The normalized spacial score (nSPS) is 25.3. The van der Waals surface area contributed by atoms with E-state index in [1.807, 2.05) is 11.0 Å². The molecule has 1 unspecified atom stereocenters. The third-order valence-electron chi connectivity index (χ3n) is 3.50. The minimum absolute atomic E-state index is 0.0446. The van der Waals surface area contributed by atoms with Crippen LogP contribution in [0.4, 0.5) is 0 Å². The Morgan fingerprint density at radius 1 is 1.41 bits per heavy atom. The third-order valence-corrected chi connectivity index (χ3v) is 3.50. The summed E-state index contributed by atoms with van der Waals surface area (Å²) in [4.78, 5) is 14.2. The van der Waals surface area contributed by atoms with Crippen LogP contribution in [-0.2, 0) is 11.3 Å². The fourth-order valence-electron chi connectivity index (χ4n) is 2.39. The number of rotatable bonds is 4. The lowest BCUT2D eigenvalue weighted by Gasteiger charge is -2.32. The van der Waals surface area contributed by atoms with Crippen molar-refractivity contribution in [1.82, 2.24) is 10.2 Å². The molecule has 1 aromatic rings. The lowest BCUT2D eigenvalue weighted by atomic mass is 10.0. The van der Waals surface area contributed by atoms with E-state index in [0.717, 1.165) is 24.9 Å². The summed E-state index contributed by atoms with van der Waals surface area (Å²) >= 11 is 0. The summed E-state index contributed by atoms with van der Waals surface area (Å²) in [6.07, 6.45) is 7.90. The van der Waals surface area contributed by atoms with Crippen molar-refractivity contribution in [3.05, 3.63) is 24.2 Å². The predicted octanol–water partition coefficient (Wildman–Crippen LogP) is 1.52. The smallest absolute Gasteiger partial charge is 0.240 e. The first-order valence-electron chi connectivity index (χ1n) is 6.39. The zero-order chi connectivity index (χ0) is 11.7. The number of piperidine rings is 1. The second-order valence-electron chi connectivity index (χ2n) is 5.03. The van der Waals surface area contributed by atoms with Crippen LogP contribution in [0.15, 0.2) is 23.0 Å². The van der Waals surface area contributed by atoms with Gasteiger partial charge in [0, 0.05) is 24.7 Å². The van der Waals surface area contributed by atoms with E-state index >= 15 is 0 Å². The number of hydrogen-bond donors (Lipinski definition) is 1. The summed E-state index contributed by atoms with van der Waals surface area (Å²) in [6, 6.07) is 2.56. The Morgan fingerprint density at radius 3 is 3.00 bits per heavy atom. The van der Waals surface area contributed by atoms with Crippen LogP contribution in [0.2, 0.25) is 0 Å². The first kappa shape index (κ1) is 10.8. The predicted molar refractivity (Wildman–Crippen MR) is 63.3 cm³/mol. The molecule has 3 rings (SSSR count). The number of furan rings is 1. The highest BCUT2D eigenvalue weighted by Crippen LogP contribution is 2.23. The summed E-state index contributed by atoms with van der Waals surface area (Å²) in [5.74, 6) is 0.254. The molecule has 2 aliphatic rings. The zero-order valence-corrected chi connectivity index (χ0v) is 9.89. The maximum atomic E-state index is 12.2. The Labute approximate surface area is 101 Å². The molecule has 4 nitrogen and oxygen atoms in total.